The van der Waals surface area contributed by atoms with Crippen LogP contribution in [0.5, 0.6) is 0 Å². The zero-order valence-corrected chi connectivity index (χ0v) is 13.1. The summed E-state index contributed by atoms with van der Waals surface area (Å²) in [7, 11) is 0. The molecular weight excluding hydrogens is 367 g/mol. The van der Waals surface area contributed by atoms with E-state index in [1.165, 1.54) is 13.0 Å². The van der Waals surface area contributed by atoms with Gasteiger partial charge < -0.3 is 18.5 Å². The molecule has 0 bridgehead atoms. The fraction of sp³-hybridized carbons (Fsp3) is 0.333. The summed E-state index contributed by atoms with van der Waals surface area (Å²) < 4.78 is 79.5. The van der Waals surface area contributed by atoms with E-state index in [9.17, 15) is 27.1 Å². The van der Waals surface area contributed by atoms with Crippen LogP contribution in [-0.4, -0.2) is 21.4 Å². The van der Waals surface area contributed by atoms with Crippen LogP contribution in [0, 0.1) is 6.92 Å². The third-order valence-corrected chi connectivity index (χ3v) is 3.58. The Labute approximate surface area is 142 Å². The van der Waals surface area contributed by atoms with Crippen molar-refractivity contribution in [2.45, 2.75) is 31.5 Å². The number of nitrogens with zero attached hydrogens (tertiary/aromatic N) is 2. The van der Waals surface area contributed by atoms with Crippen molar-refractivity contribution in [1.29, 1.82) is 0 Å². The van der Waals surface area contributed by atoms with E-state index >= 15 is 0 Å². The highest BCUT2D eigenvalue weighted by Crippen LogP contribution is 2.42. The molecule has 6 nitrogen and oxygen atoms in total. The Morgan fingerprint density at radius 3 is 2.50 bits per heavy atom. The summed E-state index contributed by atoms with van der Waals surface area (Å²) in [6.45, 7) is 1.42. The fourth-order valence-corrected chi connectivity index (χ4v) is 2.24. The maximum absolute atomic E-state index is 13.4. The van der Waals surface area contributed by atoms with Gasteiger partial charge in [0.1, 0.15) is 17.8 Å². The largest absolute Gasteiger partial charge is 0.463 e. The van der Waals surface area contributed by atoms with Crippen LogP contribution >= 0.6 is 0 Å². The molecule has 1 N–H and O–H groups in total. The minimum atomic E-state index is -5.09. The molecule has 0 spiro atoms. The van der Waals surface area contributed by atoms with Crippen molar-refractivity contribution in [3.63, 3.8) is 0 Å². The van der Waals surface area contributed by atoms with E-state index < -0.39 is 42.0 Å². The van der Waals surface area contributed by atoms with Gasteiger partial charge in [-0.2, -0.15) is 18.2 Å². The summed E-state index contributed by atoms with van der Waals surface area (Å²) in [4.78, 5) is 3.70. The van der Waals surface area contributed by atoms with Crippen LogP contribution in [0.25, 0.3) is 11.5 Å². The van der Waals surface area contributed by atoms with E-state index in [1.807, 2.05) is 0 Å². The standard InChI is InChI=1S/C15H11F5N2O4/c1-7-2-3-10(25-7)14(23,15(18,19)20)5-11-21-13(26-22-11)8-4-9(12(16)17)24-6-8/h2-4,6,12,23H,5H2,1H3. The van der Waals surface area contributed by atoms with Crippen LogP contribution < -0.4 is 0 Å². The number of aromatic nitrogens is 2. The number of furan rings is 2. The monoisotopic (exact) mass is 378 g/mol. The van der Waals surface area contributed by atoms with Gasteiger partial charge in [-0.25, -0.2) is 8.78 Å². The van der Waals surface area contributed by atoms with Gasteiger partial charge >= 0.3 is 6.18 Å². The molecule has 3 aromatic heterocycles. The summed E-state index contributed by atoms with van der Waals surface area (Å²) in [6.07, 6.45) is -8.14. The van der Waals surface area contributed by atoms with Crippen LogP contribution in [0.15, 0.2) is 37.8 Å². The average Bonchev–Trinajstić information content (AvgIpc) is 3.24. The Morgan fingerprint density at radius 2 is 1.96 bits per heavy atom. The molecule has 0 saturated carbocycles. The topological polar surface area (TPSA) is 85.4 Å². The number of rotatable bonds is 5. The smallest absolute Gasteiger partial charge is 0.425 e. The van der Waals surface area contributed by atoms with Crippen LogP contribution in [0.4, 0.5) is 22.0 Å². The molecule has 0 radical (unpaired) electrons. The molecule has 1 atom stereocenters. The first kappa shape index (κ1) is 18.1. The predicted octanol–water partition coefficient (Wildman–Crippen LogP) is 4.16. The predicted molar refractivity (Wildman–Crippen MR) is 74.1 cm³/mol. The number of halogens is 5. The second kappa shape index (κ2) is 6.24. The number of hydrogen-bond donors (Lipinski definition) is 1. The summed E-state index contributed by atoms with van der Waals surface area (Å²) >= 11 is 0. The van der Waals surface area contributed by atoms with E-state index in [0.717, 1.165) is 18.4 Å². The van der Waals surface area contributed by atoms with Crippen molar-refractivity contribution in [2.75, 3.05) is 0 Å². The van der Waals surface area contributed by atoms with Gasteiger partial charge in [-0.05, 0) is 25.1 Å². The van der Waals surface area contributed by atoms with Crippen molar-refractivity contribution >= 4 is 0 Å². The molecule has 11 heteroatoms. The second-order valence-corrected chi connectivity index (χ2v) is 5.50. The van der Waals surface area contributed by atoms with Crippen molar-refractivity contribution in [3.05, 3.63) is 47.6 Å². The number of aryl methyl sites for hydroxylation is 1. The van der Waals surface area contributed by atoms with Gasteiger partial charge in [0.25, 0.3) is 12.3 Å². The second-order valence-electron chi connectivity index (χ2n) is 5.50. The zero-order valence-electron chi connectivity index (χ0n) is 13.1. The molecule has 0 fully saturated rings. The highest BCUT2D eigenvalue weighted by Gasteiger charge is 2.58. The Bertz CT molecular complexity index is 898. The Morgan fingerprint density at radius 1 is 1.23 bits per heavy atom. The van der Waals surface area contributed by atoms with Gasteiger partial charge in [0, 0.05) is 0 Å². The maximum Gasteiger partial charge on any atom is 0.425 e. The first-order valence-corrected chi connectivity index (χ1v) is 7.16. The fourth-order valence-electron chi connectivity index (χ4n) is 2.24. The molecule has 3 heterocycles. The molecular formula is C15H11F5N2O4. The molecule has 0 amide bonds. The number of alkyl halides is 5. The van der Waals surface area contributed by atoms with Crippen molar-refractivity contribution in [2.24, 2.45) is 0 Å². The maximum atomic E-state index is 13.4. The minimum absolute atomic E-state index is 0.0246. The first-order chi connectivity index (χ1) is 12.1. The lowest BCUT2D eigenvalue weighted by Crippen LogP contribution is -2.44. The van der Waals surface area contributed by atoms with Crippen LogP contribution in [-0.2, 0) is 12.0 Å². The van der Waals surface area contributed by atoms with Gasteiger partial charge in [0.2, 0.25) is 5.60 Å². The van der Waals surface area contributed by atoms with E-state index in [0.29, 0.717) is 0 Å². The number of hydrogen-bond acceptors (Lipinski definition) is 6. The van der Waals surface area contributed by atoms with Gasteiger partial charge in [-0.15, -0.1) is 0 Å². The van der Waals surface area contributed by atoms with Crippen LogP contribution in [0.2, 0.25) is 0 Å². The highest BCUT2D eigenvalue weighted by atomic mass is 19.4. The molecule has 140 valence electrons. The van der Waals surface area contributed by atoms with Crippen molar-refractivity contribution < 1.29 is 40.4 Å². The van der Waals surface area contributed by atoms with Crippen LogP contribution in [0.3, 0.4) is 0 Å². The molecule has 0 aliphatic rings. The van der Waals surface area contributed by atoms with Crippen molar-refractivity contribution in [3.8, 4) is 11.5 Å². The van der Waals surface area contributed by atoms with Gasteiger partial charge in [0.15, 0.2) is 11.6 Å². The van der Waals surface area contributed by atoms with Crippen LogP contribution in [0.1, 0.15) is 29.5 Å². The van der Waals surface area contributed by atoms with Gasteiger partial charge in [-0.1, -0.05) is 5.16 Å². The summed E-state index contributed by atoms with van der Waals surface area (Å²) in [5, 5.41) is 13.5. The molecule has 0 saturated heterocycles. The highest BCUT2D eigenvalue weighted by molar-refractivity contribution is 5.51. The van der Waals surface area contributed by atoms with Crippen molar-refractivity contribution in [1.82, 2.24) is 10.1 Å². The quantitative estimate of drug-likeness (QED) is 0.671. The minimum Gasteiger partial charge on any atom is -0.463 e. The molecule has 0 aliphatic carbocycles. The molecule has 3 aromatic rings. The Balaban J connectivity index is 1.90. The van der Waals surface area contributed by atoms with E-state index in [1.54, 1.807) is 0 Å². The zero-order chi connectivity index (χ0) is 19.1. The average molecular weight is 378 g/mol. The SMILES string of the molecule is Cc1ccc(C(O)(Cc2noc(-c3coc(C(F)F)c3)n2)C(F)(F)F)o1. The molecule has 26 heavy (non-hydrogen) atoms. The molecule has 1 unspecified atom stereocenters. The lowest BCUT2D eigenvalue weighted by atomic mass is 9.95. The molecule has 0 aliphatic heterocycles. The normalized spacial score (nSPS) is 14.8. The Kier molecular flexibility index (Phi) is 4.34. The lowest BCUT2D eigenvalue weighted by molar-refractivity contribution is -0.273. The van der Waals surface area contributed by atoms with Gasteiger partial charge in [0.05, 0.1) is 12.0 Å². The summed E-state index contributed by atoms with van der Waals surface area (Å²) in [6, 6.07) is 3.19. The van der Waals surface area contributed by atoms with E-state index in [2.05, 4.69) is 14.6 Å². The first-order valence-electron chi connectivity index (χ1n) is 7.16. The molecule has 3 rings (SSSR count). The Hall–Kier alpha value is -2.69. The molecule has 0 aromatic carbocycles. The van der Waals surface area contributed by atoms with E-state index in [-0.39, 0.29) is 17.2 Å². The van der Waals surface area contributed by atoms with E-state index in [4.69, 9.17) is 8.94 Å². The summed E-state index contributed by atoms with van der Waals surface area (Å²) in [5.74, 6) is -2.02. The third kappa shape index (κ3) is 3.21. The van der Waals surface area contributed by atoms with Gasteiger partial charge in [-0.3, -0.25) is 0 Å². The summed E-state index contributed by atoms with van der Waals surface area (Å²) in [5.41, 5.74) is -3.41. The third-order valence-electron chi connectivity index (χ3n) is 3.58. The number of aliphatic hydroxyl groups is 1. The lowest BCUT2D eigenvalue weighted by Gasteiger charge is -2.27.